The molecule has 1 N–H and O–H groups in total. The summed E-state index contributed by atoms with van der Waals surface area (Å²) in [5.74, 6) is -0.297. The highest BCUT2D eigenvalue weighted by atomic mass is 16.5. The van der Waals surface area contributed by atoms with Crippen LogP contribution in [0.4, 0.5) is 0 Å². The van der Waals surface area contributed by atoms with E-state index in [9.17, 15) is 14.4 Å². The van der Waals surface area contributed by atoms with Crippen molar-refractivity contribution >= 4 is 11.9 Å². The number of nitrogens with zero attached hydrogens (tertiary/aromatic N) is 2. The van der Waals surface area contributed by atoms with Gasteiger partial charge in [-0.2, -0.15) is 5.10 Å². The van der Waals surface area contributed by atoms with Gasteiger partial charge in [-0.1, -0.05) is 0 Å². The zero-order chi connectivity index (χ0) is 15.7. The molecule has 0 unspecified atom stereocenters. The van der Waals surface area contributed by atoms with Gasteiger partial charge in [0.05, 0.1) is 0 Å². The minimum Gasteiger partial charge on any atom is -0.457 e. The summed E-state index contributed by atoms with van der Waals surface area (Å²) >= 11 is 0. The Labute approximate surface area is 127 Å². The van der Waals surface area contributed by atoms with E-state index in [-0.39, 0.29) is 29.6 Å². The molecule has 0 bridgehead atoms. The van der Waals surface area contributed by atoms with Crippen LogP contribution in [0.25, 0.3) is 0 Å². The van der Waals surface area contributed by atoms with Gasteiger partial charge in [-0.25, -0.2) is 4.79 Å². The zero-order valence-corrected chi connectivity index (χ0v) is 12.5. The van der Waals surface area contributed by atoms with E-state index < -0.39 is 12.0 Å². The molecule has 2 aliphatic rings. The summed E-state index contributed by atoms with van der Waals surface area (Å²) in [7, 11) is 0. The fraction of sp³-hybridized carbons (Fsp3) is 0.600. The molecule has 1 amide bonds. The molecule has 1 aromatic rings. The first-order valence-electron chi connectivity index (χ1n) is 7.58. The normalized spacial score (nSPS) is 21.0. The Hall–Kier alpha value is -2.18. The number of ether oxygens (including phenoxy) is 1. The van der Waals surface area contributed by atoms with Crippen LogP contribution in [0, 0.1) is 12.8 Å². The van der Waals surface area contributed by atoms with Crippen LogP contribution < -0.4 is 5.43 Å². The number of aromatic amines is 1. The lowest BCUT2D eigenvalue weighted by molar-refractivity contribution is -0.155. The van der Waals surface area contributed by atoms with Crippen LogP contribution in [0.5, 0.6) is 0 Å². The standard InChI is InChI=1S/C15H19N3O4/c1-9-7-13(19)11(17-16-9)8-22-15(21)12-3-2-6-18(12)14(20)10-4-5-10/h7,10,12H,2-6,8H2,1H3,(H,16,19)/t12-/m0/s1. The van der Waals surface area contributed by atoms with Crippen LogP contribution >= 0.6 is 0 Å². The molecule has 22 heavy (non-hydrogen) atoms. The van der Waals surface area contributed by atoms with Gasteiger partial charge in [0.2, 0.25) is 11.3 Å². The topological polar surface area (TPSA) is 92.4 Å². The quantitative estimate of drug-likeness (QED) is 0.819. The first-order chi connectivity index (χ1) is 10.6. The molecular formula is C15H19N3O4. The third-order valence-electron chi connectivity index (χ3n) is 4.08. The Morgan fingerprint density at radius 2 is 2.18 bits per heavy atom. The SMILES string of the molecule is Cc1cc(=O)c(COC(=O)[C@@H]2CCCN2C(=O)C2CC2)n[nH]1. The van der Waals surface area contributed by atoms with Gasteiger partial charge >= 0.3 is 5.97 Å². The molecule has 2 fully saturated rings. The number of carbonyl (C=O) groups excluding carboxylic acids is 2. The van der Waals surface area contributed by atoms with E-state index in [1.165, 1.54) is 6.07 Å². The maximum absolute atomic E-state index is 12.2. The summed E-state index contributed by atoms with van der Waals surface area (Å²) in [6.07, 6.45) is 3.26. The van der Waals surface area contributed by atoms with Gasteiger partial charge in [-0.05, 0) is 32.6 Å². The van der Waals surface area contributed by atoms with Crippen LogP contribution in [-0.2, 0) is 20.9 Å². The van der Waals surface area contributed by atoms with Crippen LogP contribution in [-0.4, -0.2) is 39.6 Å². The number of rotatable bonds is 4. The maximum atomic E-state index is 12.2. The van der Waals surface area contributed by atoms with Gasteiger partial charge in [0.15, 0.2) is 0 Å². The Morgan fingerprint density at radius 3 is 2.86 bits per heavy atom. The van der Waals surface area contributed by atoms with Gasteiger partial charge in [0.25, 0.3) is 0 Å². The molecule has 1 saturated heterocycles. The highest BCUT2D eigenvalue weighted by Crippen LogP contribution is 2.33. The van der Waals surface area contributed by atoms with Gasteiger partial charge in [0.1, 0.15) is 18.3 Å². The second-order valence-corrected chi connectivity index (χ2v) is 5.93. The number of nitrogens with one attached hydrogen (secondary N) is 1. The lowest BCUT2D eigenvalue weighted by Crippen LogP contribution is -2.42. The monoisotopic (exact) mass is 305 g/mol. The largest absolute Gasteiger partial charge is 0.457 e. The molecule has 7 heteroatoms. The van der Waals surface area contributed by atoms with Crippen molar-refractivity contribution in [2.45, 2.75) is 45.3 Å². The summed E-state index contributed by atoms with van der Waals surface area (Å²) < 4.78 is 5.20. The molecule has 1 aliphatic carbocycles. The number of H-pyrrole nitrogens is 1. The van der Waals surface area contributed by atoms with E-state index in [1.807, 2.05) is 0 Å². The summed E-state index contributed by atoms with van der Waals surface area (Å²) in [4.78, 5) is 37.7. The molecule has 1 saturated carbocycles. The minimum absolute atomic E-state index is 0.0609. The predicted octanol–water partition coefficient (Wildman–Crippen LogP) is 0.523. The number of carbonyl (C=O) groups is 2. The predicted molar refractivity (Wildman–Crippen MR) is 76.8 cm³/mol. The first kappa shape index (κ1) is 14.7. The van der Waals surface area contributed by atoms with Crippen molar-refractivity contribution < 1.29 is 14.3 Å². The highest BCUT2D eigenvalue weighted by Gasteiger charge is 2.41. The smallest absolute Gasteiger partial charge is 0.329 e. The molecule has 1 aromatic heterocycles. The fourth-order valence-corrected chi connectivity index (χ4v) is 2.70. The van der Waals surface area contributed by atoms with Crippen molar-refractivity contribution in [2.75, 3.05) is 6.54 Å². The van der Waals surface area contributed by atoms with Crippen LogP contribution in [0.2, 0.25) is 0 Å². The number of esters is 1. The molecule has 1 atom stereocenters. The molecule has 0 spiro atoms. The number of hydrogen-bond acceptors (Lipinski definition) is 5. The van der Waals surface area contributed by atoms with Crippen molar-refractivity contribution in [3.8, 4) is 0 Å². The summed E-state index contributed by atoms with van der Waals surface area (Å²) in [5, 5.41) is 6.55. The summed E-state index contributed by atoms with van der Waals surface area (Å²) in [6.45, 7) is 2.17. The number of aryl methyl sites for hydroxylation is 1. The highest BCUT2D eigenvalue weighted by molar-refractivity contribution is 5.87. The van der Waals surface area contributed by atoms with E-state index in [2.05, 4.69) is 10.2 Å². The molecular weight excluding hydrogens is 286 g/mol. The van der Waals surface area contributed by atoms with E-state index in [4.69, 9.17) is 4.74 Å². The summed E-state index contributed by atoms with van der Waals surface area (Å²) in [5.41, 5.74) is 0.551. The Kier molecular flexibility index (Phi) is 3.96. The lowest BCUT2D eigenvalue weighted by Gasteiger charge is -2.23. The van der Waals surface area contributed by atoms with Crippen molar-refractivity contribution in [1.29, 1.82) is 0 Å². The number of likely N-dealkylation sites (tertiary alicyclic amines) is 1. The van der Waals surface area contributed by atoms with Crippen molar-refractivity contribution in [3.05, 3.63) is 27.7 Å². The minimum atomic E-state index is -0.516. The van der Waals surface area contributed by atoms with Crippen LogP contribution in [0.3, 0.4) is 0 Å². The van der Waals surface area contributed by atoms with Gasteiger partial charge in [-0.3, -0.25) is 14.7 Å². The maximum Gasteiger partial charge on any atom is 0.329 e. The molecule has 3 rings (SSSR count). The average Bonchev–Trinajstić information content (AvgIpc) is 3.22. The second-order valence-electron chi connectivity index (χ2n) is 5.93. The Bertz CT molecular complexity index is 650. The fourth-order valence-electron chi connectivity index (χ4n) is 2.70. The molecule has 2 heterocycles. The zero-order valence-electron chi connectivity index (χ0n) is 12.5. The van der Waals surface area contributed by atoms with E-state index in [0.717, 1.165) is 19.3 Å². The Morgan fingerprint density at radius 1 is 1.41 bits per heavy atom. The van der Waals surface area contributed by atoms with Crippen LogP contribution in [0.1, 0.15) is 37.1 Å². The molecule has 1 aliphatic heterocycles. The summed E-state index contributed by atoms with van der Waals surface area (Å²) in [6, 6.07) is 0.895. The van der Waals surface area contributed by atoms with E-state index >= 15 is 0 Å². The Balaban J connectivity index is 1.61. The van der Waals surface area contributed by atoms with Gasteiger partial charge < -0.3 is 9.64 Å². The molecule has 118 valence electrons. The van der Waals surface area contributed by atoms with E-state index in [1.54, 1.807) is 11.8 Å². The number of amides is 1. The van der Waals surface area contributed by atoms with Gasteiger partial charge in [0, 0.05) is 24.2 Å². The first-order valence-corrected chi connectivity index (χ1v) is 7.58. The lowest BCUT2D eigenvalue weighted by atomic mass is 10.2. The van der Waals surface area contributed by atoms with Crippen molar-refractivity contribution in [2.24, 2.45) is 5.92 Å². The van der Waals surface area contributed by atoms with E-state index in [0.29, 0.717) is 18.7 Å². The molecule has 0 aromatic carbocycles. The van der Waals surface area contributed by atoms with Crippen molar-refractivity contribution in [3.63, 3.8) is 0 Å². The second kappa shape index (κ2) is 5.90. The number of hydrogen-bond donors (Lipinski definition) is 1. The third kappa shape index (κ3) is 3.03. The van der Waals surface area contributed by atoms with Gasteiger partial charge in [-0.15, -0.1) is 0 Å². The molecule has 7 nitrogen and oxygen atoms in total. The average molecular weight is 305 g/mol. The van der Waals surface area contributed by atoms with Crippen LogP contribution in [0.15, 0.2) is 10.9 Å². The number of aromatic nitrogens is 2. The third-order valence-corrected chi connectivity index (χ3v) is 4.08. The van der Waals surface area contributed by atoms with Crippen molar-refractivity contribution in [1.82, 2.24) is 15.1 Å². The molecule has 0 radical (unpaired) electrons.